The summed E-state index contributed by atoms with van der Waals surface area (Å²) in [6, 6.07) is 1.61. The van der Waals surface area contributed by atoms with Crippen LogP contribution < -0.4 is 5.73 Å². The summed E-state index contributed by atoms with van der Waals surface area (Å²) in [5.74, 6) is 0.192. The number of nitrogens with zero attached hydrogens (tertiary/aromatic N) is 1. The van der Waals surface area contributed by atoms with E-state index >= 15 is 0 Å². The molecule has 1 heterocycles. The number of hydrogen-bond acceptors (Lipinski definition) is 4. The average molecular weight is 248 g/mol. The summed E-state index contributed by atoms with van der Waals surface area (Å²) in [6.45, 7) is 2.15. The molecule has 1 saturated carbocycles. The van der Waals surface area contributed by atoms with Crippen LogP contribution in [-0.4, -0.2) is 17.1 Å². The fourth-order valence-corrected chi connectivity index (χ4v) is 2.57. The third kappa shape index (κ3) is 3.00. The molecular formula is C14H20N2O2. The Hall–Kier alpha value is -1.58. The van der Waals surface area contributed by atoms with E-state index in [9.17, 15) is 4.79 Å². The van der Waals surface area contributed by atoms with Gasteiger partial charge in [0.2, 0.25) is 0 Å². The molecule has 0 saturated heterocycles. The van der Waals surface area contributed by atoms with E-state index in [-0.39, 0.29) is 12.1 Å². The standard InChI is InChI=1S/C14H20N2O2/c1-2-10-5-3-4-6-13(10)18-14(17)11-7-12(15)9-16-8-11/h7-10,13H,2-6,15H2,1H3. The van der Waals surface area contributed by atoms with Crippen LogP contribution in [0.15, 0.2) is 18.5 Å². The fraction of sp³-hybridized carbons (Fsp3) is 0.571. The Morgan fingerprint density at radius 2 is 2.22 bits per heavy atom. The van der Waals surface area contributed by atoms with E-state index in [0.717, 1.165) is 25.7 Å². The first kappa shape index (κ1) is 12.9. The molecule has 18 heavy (non-hydrogen) atoms. The minimum Gasteiger partial charge on any atom is -0.458 e. The smallest absolute Gasteiger partial charge is 0.340 e. The predicted molar refractivity (Wildman–Crippen MR) is 70.1 cm³/mol. The molecule has 2 N–H and O–H groups in total. The number of esters is 1. The van der Waals surface area contributed by atoms with Crippen molar-refractivity contribution in [1.29, 1.82) is 0 Å². The number of carbonyl (C=O) groups excluding carboxylic acids is 1. The van der Waals surface area contributed by atoms with Gasteiger partial charge in [-0.3, -0.25) is 4.98 Å². The third-order valence-electron chi connectivity index (χ3n) is 3.62. The van der Waals surface area contributed by atoms with Crippen molar-refractivity contribution in [3.8, 4) is 0 Å². The second-order valence-corrected chi connectivity index (χ2v) is 4.90. The molecule has 0 bridgehead atoms. The summed E-state index contributed by atoms with van der Waals surface area (Å²) in [7, 11) is 0. The van der Waals surface area contributed by atoms with E-state index in [2.05, 4.69) is 11.9 Å². The number of hydrogen-bond donors (Lipinski definition) is 1. The Bertz CT molecular complexity index is 420. The number of nitrogen functional groups attached to an aromatic ring is 1. The Kier molecular flexibility index (Phi) is 4.18. The zero-order valence-corrected chi connectivity index (χ0v) is 10.8. The topological polar surface area (TPSA) is 65.2 Å². The number of ether oxygens (including phenoxy) is 1. The molecular weight excluding hydrogens is 228 g/mol. The Morgan fingerprint density at radius 3 is 2.94 bits per heavy atom. The molecule has 0 aliphatic heterocycles. The zero-order valence-electron chi connectivity index (χ0n) is 10.8. The van der Waals surface area contributed by atoms with Gasteiger partial charge in [-0.15, -0.1) is 0 Å². The molecule has 0 radical (unpaired) electrons. The molecule has 0 amide bonds. The average Bonchev–Trinajstić information content (AvgIpc) is 2.39. The maximum Gasteiger partial charge on any atom is 0.340 e. The van der Waals surface area contributed by atoms with Gasteiger partial charge in [0.1, 0.15) is 6.10 Å². The molecule has 0 aromatic carbocycles. The van der Waals surface area contributed by atoms with Crippen molar-refractivity contribution in [2.75, 3.05) is 5.73 Å². The molecule has 0 spiro atoms. The van der Waals surface area contributed by atoms with E-state index in [1.807, 2.05) is 0 Å². The lowest BCUT2D eigenvalue weighted by atomic mass is 9.85. The molecule has 1 aliphatic carbocycles. The van der Waals surface area contributed by atoms with Gasteiger partial charge in [-0.05, 0) is 37.7 Å². The number of anilines is 1. The number of carbonyl (C=O) groups is 1. The second kappa shape index (κ2) is 5.85. The molecule has 2 unspecified atom stereocenters. The quantitative estimate of drug-likeness (QED) is 0.835. The van der Waals surface area contributed by atoms with Crippen molar-refractivity contribution in [2.45, 2.75) is 45.1 Å². The van der Waals surface area contributed by atoms with E-state index in [0.29, 0.717) is 17.2 Å². The fourth-order valence-electron chi connectivity index (χ4n) is 2.57. The molecule has 2 rings (SSSR count). The number of pyridine rings is 1. The van der Waals surface area contributed by atoms with Gasteiger partial charge in [0, 0.05) is 12.4 Å². The van der Waals surface area contributed by atoms with Gasteiger partial charge in [-0.2, -0.15) is 0 Å². The highest BCUT2D eigenvalue weighted by atomic mass is 16.5. The van der Waals surface area contributed by atoms with Crippen LogP contribution >= 0.6 is 0 Å². The van der Waals surface area contributed by atoms with Crippen molar-refractivity contribution >= 4 is 11.7 Å². The Balaban J connectivity index is 2.02. The van der Waals surface area contributed by atoms with Crippen LogP contribution in [0.2, 0.25) is 0 Å². The predicted octanol–water partition coefficient (Wildman–Crippen LogP) is 2.79. The molecule has 2 atom stereocenters. The summed E-state index contributed by atoms with van der Waals surface area (Å²) >= 11 is 0. The number of aromatic nitrogens is 1. The van der Waals surface area contributed by atoms with Crippen LogP contribution in [-0.2, 0) is 4.74 Å². The van der Waals surface area contributed by atoms with Crippen molar-refractivity contribution in [3.05, 3.63) is 24.0 Å². The van der Waals surface area contributed by atoms with E-state index < -0.39 is 0 Å². The number of nitrogens with two attached hydrogens (primary N) is 1. The lowest BCUT2D eigenvalue weighted by molar-refractivity contribution is 0.000675. The third-order valence-corrected chi connectivity index (χ3v) is 3.62. The molecule has 4 nitrogen and oxygen atoms in total. The second-order valence-electron chi connectivity index (χ2n) is 4.90. The minimum absolute atomic E-state index is 0.0534. The van der Waals surface area contributed by atoms with Crippen molar-refractivity contribution < 1.29 is 9.53 Å². The summed E-state index contributed by atoms with van der Waals surface area (Å²) in [6.07, 6.45) is 8.65. The maximum atomic E-state index is 12.0. The molecule has 1 fully saturated rings. The molecule has 4 heteroatoms. The van der Waals surface area contributed by atoms with Gasteiger partial charge in [0.05, 0.1) is 11.3 Å². The van der Waals surface area contributed by atoms with Crippen molar-refractivity contribution in [3.63, 3.8) is 0 Å². The SMILES string of the molecule is CCC1CCCCC1OC(=O)c1cncc(N)c1. The monoisotopic (exact) mass is 248 g/mol. The van der Waals surface area contributed by atoms with E-state index in [4.69, 9.17) is 10.5 Å². The minimum atomic E-state index is -0.305. The molecule has 1 aromatic rings. The summed E-state index contributed by atoms with van der Waals surface area (Å²) in [4.78, 5) is 15.9. The van der Waals surface area contributed by atoms with E-state index in [1.54, 1.807) is 6.07 Å². The molecule has 98 valence electrons. The van der Waals surface area contributed by atoms with Gasteiger partial charge < -0.3 is 10.5 Å². The van der Waals surface area contributed by atoms with Crippen LogP contribution in [0.25, 0.3) is 0 Å². The van der Waals surface area contributed by atoms with Gasteiger partial charge >= 0.3 is 5.97 Å². The highest BCUT2D eigenvalue weighted by Gasteiger charge is 2.27. The summed E-state index contributed by atoms with van der Waals surface area (Å²) in [5, 5.41) is 0. The van der Waals surface area contributed by atoms with Crippen molar-refractivity contribution in [2.24, 2.45) is 5.92 Å². The highest BCUT2D eigenvalue weighted by molar-refractivity contribution is 5.90. The van der Waals surface area contributed by atoms with Crippen LogP contribution in [0.1, 0.15) is 49.4 Å². The van der Waals surface area contributed by atoms with Crippen LogP contribution in [0.3, 0.4) is 0 Å². The van der Waals surface area contributed by atoms with Crippen LogP contribution in [0, 0.1) is 5.92 Å². The van der Waals surface area contributed by atoms with Gasteiger partial charge in [0.15, 0.2) is 0 Å². The highest BCUT2D eigenvalue weighted by Crippen LogP contribution is 2.29. The van der Waals surface area contributed by atoms with E-state index in [1.165, 1.54) is 18.8 Å². The van der Waals surface area contributed by atoms with Crippen LogP contribution in [0.5, 0.6) is 0 Å². The molecule has 1 aliphatic rings. The van der Waals surface area contributed by atoms with Gasteiger partial charge in [0.25, 0.3) is 0 Å². The normalized spacial score (nSPS) is 23.6. The largest absolute Gasteiger partial charge is 0.458 e. The first-order valence-electron chi connectivity index (χ1n) is 6.62. The molecule has 1 aromatic heterocycles. The Labute approximate surface area is 108 Å². The maximum absolute atomic E-state index is 12.0. The van der Waals surface area contributed by atoms with Crippen LogP contribution in [0.4, 0.5) is 5.69 Å². The van der Waals surface area contributed by atoms with Crippen molar-refractivity contribution in [1.82, 2.24) is 4.98 Å². The zero-order chi connectivity index (χ0) is 13.0. The first-order valence-corrected chi connectivity index (χ1v) is 6.62. The first-order chi connectivity index (χ1) is 8.70. The summed E-state index contributed by atoms with van der Waals surface area (Å²) in [5.41, 5.74) is 6.54. The Morgan fingerprint density at radius 1 is 1.44 bits per heavy atom. The lowest BCUT2D eigenvalue weighted by Gasteiger charge is -2.30. The lowest BCUT2D eigenvalue weighted by Crippen LogP contribution is -2.29. The summed E-state index contributed by atoms with van der Waals surface area (Å²) < 4.78 is 5.60. The number of rotatable bonds is 3. The van der Waals surface area contributed by atoms with Gasteiger partial charge in [-0.25, -0.2) is 4.79 Å². The van der Waals surface area contributed by atoms with Gasteiger partial charge in [-0.1, -0.05) is 13.3 Å².